The van der Waals surface area contributed by atoms with Gasteiger partial charge in [-0.3, -0.25) is 9.67 Å². The first-order valence-corrected chi connectivity index (χ1v) is 7.26. The minimum atomic E-state index is 0.646. The third kappa shape index (κ3) is 4.32. The molecule has 0 unspecified atom stereocenters. The molecule has 0 bridgehead atoms. The molecule has 0 aliphatic heterocycles. The predicted molar refractivity (Wildman–Crippen MR) is 81.9 cm³/mol. The van der Waals surface area contributed by atoms with E-state index in [0.29, 0.717) is 17.5 Å². The first kappa shape index (κ1) is 15.0. The van der Waals surface area contributed by atoms with Gasteiger partial charge in [0.25, 0.3) is 0 Å². The van der Waals surface area contributed by atoms with Gasteiger partial charge < -0.3 is 5.32 Å². The summed E-state index contributed by atoms with van der Waals surface area (Å²) >= 11 is 5.99. The molecule has 0 aromatic carbocycles. The number of hydrogen-bond donors (Lipinski definition) is 1. The lowest BCUT2D eigenvalue weighted by molar-refractivity contribution is 0.551. The number of hydrogen-bond acceptors (Lipinski definition) is 3. The lowest BCUT2D eigenvalue weighted by Crippen LogP contribution is -2.19. The van der Waals surface area contributed by atoms with Gasteiger partial charge in [-0.25, -0.2) is 0 Å². The van der Waals surface area contributed by atoms with Crippen molar-refractivity contribution in [2.45, 2.75) is 33.9 Å². The third-order valence-electron chi connectivity index (χ3n) is 2.98. The zero-order valence-electron chi connectivity index (χ0n) is 12.2. The van der Waals surface area contributed by atoms with Gasteiger partial charge >= 0.3 is 0 Å². The van der Waals surface area contributed by atoms with E-state index in [2.05, 4.69) is 35.3 Å². The number of rotatable bonds is 6. The van der Waals surface area contributed by atoms with E-state index in [4.69, 9.17) is 11.6 Å². The molecule has 2 rings (SSSR count). The van der Waals surface area contributed by atoms with Gasteiger partial charge in [-0.05, 0) is 31.0 Å². The Bertz CT molecular complexity index is 526. The molecule has 2 aromatic rings. The lowest BCUT2D eigenvalue weighted by Gasteiger charge is -2.07. The van der Waals surface area contributed by atoms with E-state index in [1.807, 2.05) is 30.1 Å². The minimum absolute atomic E-state index is 0.646. The topological polar surface area (TPSA) is 42.7 Å². The zero-order valence-corrected chi connectivity index (χ0v) is 13.0. The summed E-state index contributed by atoms with van der Waals surface area (Å²) in [7, 11) is 0. The van der Waals surface area contributed by atoms with Crippen LogP contribution in [0.3, 0.4) is 0 Å². The Labute approximate surface area is 125 Å². The fourth-order valence-electron chi connectivity index (χ4n) is 1.90. The first-order chi connectivity index (χ1) is 9.54. The summed E-state index contributed by atoms with van der Waals surface area (Å²) in [5.74, 6) is 0.662. The van der Waals surface area contributed by atoms with Crippen molar-refractivity contribution in [1.29, 1.82) is 0 Å². The van der Waals surface area contributed by atoms with E-state index < -0.39 is 0 Å². The molecule has 4 nitrogen and oxygen atoms in total. The molecule has 108 valence electrons. The highest BCUT2D eigenvalue weighted by Gasteiger charge is 2.03. The molecule has 0 spiro atoms. The number of pyridine rings is 1. The Balaban J connectivity index is 1.91. The van der Waals surface area contributed by atoms with Crippen molar-refractivity contribution < 1.29 is 0 Å². The van der Waals surface area contributed by atoms with Crippen molar-refractivity contribution in [2.75, 3.05) is 6.54 Å². The molecular weight excluding hydrogens is 272 g/mol. The number of nitrogens with one attached hydrogen (secondary N) is 1. The standard InChI is InChI=1S/C15H21ClN4/c1-11(2)6-17-7-13-4-5-14(18-8-13)9-20-10-15(16)12(3)19-20/h4-5,8,10-11,17H,6-7,9H2,1-3H3. The summed E-state index contributed by atoms with van der Waals surface area (Å²) in [6.07, 6.45) is 3.75. The Hall–Kier alpha value is -1.39. The first-order valence-electron chi connectivity index (χ1n) is 6.88. The molecule has 0 radical (unpaired) electrons. The Morgan fingerprint density at radius 3 is 2.70 bits per heavy atom. The normalized spacial score (nSPS) is 11.2. The fourth-order valence-corrected chi connectivity index (χ4v) is 2.05. The number of aryl methyl sites for hydroxylation is 1. The molecule has 2 heterocycles. The van der Waals surface area contributed by atoms with Crippen molar-refractivity contribution >= 4 is 11.6 Å². The summed E-state index contributed by atoms with van der Waals surface area (Å²) in [6, 6.07) is 4.14. The molecule has 2 aromatic heterocycles. The molecule has 0 atom stereocenters. The van der Waals surface area contributed by atoms with Gasteiger partial charge in [0.05, 0.1) is 23.0 Å². The second kappa shape index (κ2) is 6.86. The van der Waals surface area contributed by atoms with Crippen LogP contribution >= 0.6 is 11.6 Å². The number of aromatic nitrogens is 3. The van der Waals surface area contributed by atoms with E-state index in [1.54, 1.807) is 0 Å². The van der Waals surface area contributed by atoms with Gasteiger partial charge in [-0.2, -0.15) is 5.10 Å². The van der Waals surface area contributed by atoms with Gasteiger partial charge in [0, 0.05) is 18.9 Å². The summed E-state index contributed by atoms with van der Waals surface area (Å²) in [6.45, 7) is 8.82. The maximum Gasteiger partial charge on any atom is 0.0831 e. The maximum atomic E-state index is 5.99. The van der Waals surface area contributed by atoms with Gasteiger partial charge in [0.2, 0.25) is 0 Å². The van der Waals surface area contributed by atoms with Crippen molar-refractivity contribution in [3.8, 4) is 0 Å². The highest BCUT2D eigenvalue weighted by Crippen LogP contribution is 2.13. The van der Waals surface area contributed by atoms with Crippen LogP contribution in [-0.4, -0.2) is 21.3 Å². The molecule has 1 N–H and O–H groups in total. The molecule has 0 fully saturated rings. The molecule has 0 amide bonds. The molecule has 0 saturated carbocycles. The van der Waals surface area contributed by atoms with Crippen LogP contribution in [0, 0.1) is 12.8 Å². The minimum Gasteiger partial charge on any atom is -0.312 e. The Morgan fingerprint density at radius 2 is 2.15 bits per heavy atom. The summed E-state index contributed by atoms with van der Waals surface area (Å²) in [5, 5.41) is 8.43. The predicted octanol–water partition coefficient (Wildman–Crippen LogP) is 3.03. The molecular formula is C15H21ClN4. The molecule has 20 heavy (non-hydrogen) atoms. The lowest BCUT2D eigenvalue weighted by atomic mass is 10.2. The molecule has 5 heteroatoms. The monoisotopic (exact) mass is 292 g/mol. The van der Waals surface area contributed by atoms with Crippen molar-refractivity contribution in [3.05, 3.63) is 46.5 Å². The van der Waals surface area contributed by atoms with Gasteiger partial charge in [0.1, 0.15) is 0 Å². The average Bonchev–Trinajstić information content (AvgIpc) is 2.70. The second-order valence-corrected chi connectivity index (χ2v) is 5.85. The molecule has 0 aliphatic rings. The van der Waals surface area contributed by atoms with Gasteiger partial charge in [0.15, 0.2) is 0 Å². The van der Waals surface area contributed by atoms with Gasteiger partial charge in [-0.1, -0.05) is 31.5 Å². The Morgan fingerprint density at radius 1 is 1.35 bits per heavy atom. The Kier molecular flexibility index (Phi) is 5.15. The summed E-state index contributed by atoms with van der Waals surface area (Å²) in [5.41, 5.74) is 3.03. The fraction of sp³-hybridized carbons (Fsp3) is 0.467. The van der Waals surface area contributed by atoms with Crippen LogP contribution in [0.1, 0.15) is 30.8 Å². The van der Waals surface area contributed by atoms with E-state index in [9.17, 15) is 0 Å². The van der Waals surface area contributed by atoms with Crippen molar-refractivity contribution in [1.82, 2.24) is 20.1 Å². The average molecular weight is 293 g/mol. The van der Waals surface area contributed by atoms with E-state index in [0.717, 1.165) is 24.5 Å². The van der Waals surface area contributed by atoms with Crippen LogP contribution in [0.25, 0.3) is 0 Å². The summed E-state index contributed by atoms with van der Waals surface area (Å²) < 4.78 is 1.82. The highest BCUT2D eigenvalue weighted by atomic mass is 35.5. The third-order valence-corrected chi connectivity index (χ3v) is 3.35. The number of nitrogens with zero attached hydrogens (tertiary/aromatic N) is 3. The van der Waals surface area contributed by atoms with Crippen molar-refractivity contribution in [2.24, 2.45) is 5.92 Å². The van der Waals surface area contributed by atoms with Crippen LogP contribution in [0.15, 0.2) is 24.5 Å². The van der Waals surface area contributed by atoms with Gasteiger partial charge in [-0.15, -0.1) is 0 Å². The molecule has 0 saturated heterocycles. The van der Waals surface area contributed by atoms with Crippen LogP contribution in [-0.2, 0) is 13.1 Å². The SMILES string of the molecule is Cc1nn(Cc2ccc(CNCC(C)C)cn2)cc1Cl. The maximum absolute atomic E-state index is 5.99. The highest BCUT2D eigenvalue weighted by molar-refractivity contribution is 6.31. The van der Waals surface area contributed by atoms with Crippen LogP contribution in [0.4, 0.5) is 0 Å². The van der Waals surface area contributed by atoms with Crippen LogP contribution < -0.4 is 5.32 Å². The van der Waals surface area contributed by atoms with Crippen LogP contribution in [0.2, 0.25) is 5.02 Å². The second-order valence-electron chi connectivity index (χ2n) is 5.44. The summed E-state index contributed by atoms with van der Waals surface area (Å²) in [4.78, 5) is 4.47. The van der Waals surface area contributed by atoms with E-state index >= 15 is 0 Å². The quantitative estimate of drug-likeness (QED) is 0.890. The largest absolute Gasteiger partial charge is 0.312 e. The van der Waals surface area contributed by atoms with E-state index in [1.165, 1.54) is 5.56 Å². The zero-order chi connectivity index (χ0) is 14.5. The van der Waals surface area contributed by atoms with E-state index in [-0.39, 0.29) is 0 Å². The smallest absolute Gasteiger partial charge is 0.0831 e. The number of halogens is 1. The van der Waals surface area contributed by atoms with Crippen molar-refractivity contribution in [3.63, 3.8) is 0 Å². The molecule has 0 aliphatic carbocycles. The van der Waals surface area contributed by atoms with Crippen LogP contribution in [0.5, 0.6) is 0 Å².